The quantitative estimate of drug-likeness (QED) is 0.666. The SMILES string of the molecule is CC(C)(C)OC(=O)NC1(C(=O)O)CCN(CCN)C1. The van der Waals surface area contributed by atoms with Gasteiger partial charge in [-0.05, 0) is 27.2 Å². The first-order chi connectivity index (χ1) is 8.68. The highest BCUT2D eigenvalue weighted by molar-refractivity contribution is 5.85. The van der Waals surface area contributed by atoms with Crippen molar-refractivity contribution in [1.29, 1.82) is 0 Å². The molecule has 0 aromatic rings. The smallest absolute Gasteiger partial charge is 0.408 e. The molecule has 1 atom stereocenters. The number of nitrogens with one attached hydrogen (secondary N) is 1. The molecule has 0 spiro atoms. The van der Waals surface area contributed by atoms with E-state index in [-0.39, 0.29) is 6.54 Å². The van der Waals surface area contributed by atoms with Gasteiger partial charge in [-0.15, -0.1) is 0 Å². The number of hydrogen-bond acceptors (Lipinski definition) is 5. The fourth-order valence-corrected chi connectivity index (χ4v) is 2.09. The van der Waals surface area contributed by atoms with E-state index < -0.39 is 23.2 Å². The maximum atomic E-state index is 11.7. The number of carboxylic acids is 1. The van der Waals surface area contributed by atoms with Crippen molar-refractivity contribution in [1.82, 2.24) is 10.2 Å². The third kappa shape index (κ3) is 4.36. The summed E-state index contributed by atoms with van der Waals surface area (Å²) in [5.74, 6) is -1.04. The fourth-order valence-electron chi connectivity index (χ4n) is 2.09. The summed E-state index contributed by atoms with van der Waals surface area (Å²) < 4.78 is 5.11. The summed E-state index contributed by atoms with van der Waals surface area (Å²) >= 11 is 0. The van der Waals surface area contributed by atoms with Crippen molar-refractivity contribution in [3.63, 3.8) is 0 Å². The molecule has 1 amide bonds. The van der Waals surface area contributed by atoms with Gasteiger partial charge in [0.05, 0.1) is 0 Å². The summed E-state index contributed by atoms with van der Waals surface area (Å²) in [5, 5.41) is 11.9. The maximum absolute atomic E-state index is 11.7. The Morgan fingerprint density at radius 1 is 1.47 bits per heavy atom. The Hall–Kier alpha value is -1.34. The van der Waals surface area contributed by atoms with Crippen molar-refractivity contribution in [2.45, 2.75) is 38.3 Å². The van der Waals surface area contributed by atoms with Crippen LogP contribution in [-0.4, -0.2) is 59.4 Å². The molecule has 7 heteroatoms. The third-order valence-corrected chi connectivity index (χ3v) is 2.94. The molecule has 0 radical (unpaired) electrons. The van der Waals surface area contributed by atoms with Crippen LogP contribution in [0.3, 0.4) is 0 Å². The lowest BCUT2D eigenvalue weighted by Crippen LogP contribution is -2.57. The minimum Gasteiger partial charge on any atom is -0.479 e. The van der Waals surface area contributed by atoms with E-state index in [1.54, 1.807) is 20.8 Å². The van der Waals surface area contributed by atoms with Crippen molar-refractivity contribution in [2.75, 3.05) is 26.2 Å². The van der Waals surface area contributed by atoms with Gasteiger partial charge in [0, 0.05) is 26.2 Å². The highest BCUT2D eigenvalue weighted by Crippen LogP contribution is 2.22. The van der Waals surface area contributed by atoms with Crippen molar-refractivity contribution >= 4 is 12.1 Å². The first-order valence-electron chi connectivity index (χ1n) is 6.35. The van der Waals surface area contributed by atoms with Crippen LogP contribution in [0.1, 0.15) is 27.2 Å². The molecule has 7 nitrogen and oxygen atoms in total. The van der Waals surface area contributed by atoms with Crippen molar-refractivity contribution in [2.24, 2.45) is 5.73 Å². The van der Waals surface area contributed by atoms with E-state index in [1.807, 2.05) is 4.90 Å². The molecule has 19 heavy (non-hydrogen) atoms. The van der Waals surface area contributed by atoms with Gasteiger partial charge in [0.25, 0.3) is 0 Å². The summed E-state index contributed by atoms with van der Waals surface area (Å²) in [6, 6.07) is 0. The molecule has 1 heterocycles. The van der Waals surface area contributed by atoms with E-state index in [0.717, 1.165) is 0 Å². The molecule has 1 aliphatic heterocycles. The number of nitrogens with two attached hydrogens (primary N) is 1. The Bertz CT molecular complexity index is 353. The molecule has 1 aliphatic rings. The van der Waals surface area contributed by atoms with E-state index in [4.69, 9.17) is 10.5 Å². The average molecular weight is 273 g/mol. The number of rotatable bonds is 4. The number of nitrogens with zero attached hydrogens (tertiary/aromatic N) is 1. The summed E-state index contributed by atoms with van der Waals surface area (Å²) in [7, 11) is 0. The monoisotopic (exact) mass is 273 g/mol. The molecule has 0 aromatic heterocycles. The molecule has 0 bridgehead atoms. The second kappa shape index (κ2) is 5.75. The molecular weight excluding hydrogens is 250 g/mol. The Morgan fingerprint density at radius 2 is 2.11 bits per heavy atom. The first-order valence-corrected chi connectivity index (χ1v) is 6.35. The van der Waals surface area contributed by atoms with E-state index >= 15 is 0 Å². The Balaban J connectivity index is 2.69. The minimum absolute atomic E-state index is 0.249. The zero-order valence-electron chi connectivity index (χ0n) is 11.7. The van der Waals surface area contributed by atoms with Crippen LogP contribution in [0.2, 0.25) is 0 Å². The number of carbonyl (C=O) groups is 2. The van der Waals surface area contributed by atoms with E-state index in [1.165, 1.54) is 0 Å². The average Bonchev–Trinajstić information content (AvgIpc) is 2.60. The Kier molecular flexibility index (Phi) is 4.75. The van der Waals surface area contributed by atoms with Gasteiger partial charge in [-0.2, -0.15) is 0 Å². The van der Waals surface area contributed by atoms with Crippen LogP contribution in [0, 0.1) is 0 Å². The second-order valence-electron chi connectivity index (χ2n) is 5.83. The highest BCUT2D eigenvalue weighted by atomic mass is 16.6. The zero-order valence-corrected chi connectivity index (χ0v) is 11.7. The second-order valence-corrected chi connectivity index (χ2v) is 5.83. The maximum Gasteiger partial charge on any atom is 0.408 e. The fraction of sp³-hybridized carbons (Fsp3) is 0.833. The summed E-state index contributed by atoms with van der Waals surface area (Å²) in [6.45, 7) is 7.12. The largest absolute Gasteiger partial charge is 0.479 e. The van der Waals surface area contributed by atoms with Gasteiger partial charge in [-0.3, -0.25) is 4.90 Å². The molecular formula is C12H23N3O4. The van der Waals surface area contributed by atoms with Gasteiger partial charge >= 0.3 is 12.1 Å². The van der Waals surface area contributed by atoms with E-state index in [0.29, 0.717) is 26.1 Å². The van der Waals surface area contributed by atoms with Crippen LogP contribution in [-0.2, 0) is 9.53 Å². The lowest BCUT2D eigenvalue weighted by Gasteiger charge is -2.28. The number of likely N-dealkylation sites (tertiary alicyclic amines) is 1. The number of carboxylic acid groups (broad SMARTS) is 1. The van der Waals surface area contributed by atoms with Gasteiger partial charge < -0.3 is 20.9 Å². The Morgan fingerprint density at radius 3 is 2.58 bits per heavy atom. The zero-order chi connectivity index (χ0) is 14.7. The molecule has 0 aliphatic carbocycles. The number of alkyl carbamates (subject to hydrolysis) is 1. The van der Waals surface area contributed by atoms with E-state index in [9.17, 15) is 14.7 Å². The van der Waals surface area contributed by atoms with Crippen LogP contribution >= 0.6 is 0 Å². The number of hydrogen-bond donors (Lipinski definition) is 3. The molecule has 1 rings (SSSR count). The minimum atomic E-state index is -1.28. The molecule has 0 saturated carbocycles. The van der Waals surface area contributed by atoms with Gasteiger partial charge in [0.1, 0.15) is 5.60 Å². The van der Waals surface area contributed by atoms with Crippen molar-refractivity contribution < 1.29 is 19.4 Å². The van der Waals surface area contributed by atoms with Gasteiger partial charge in [-0.1, -0.05) is 0 Å². The van der Waals surface area contributed by atoms with Crippen LogP contribution in [0.4, 0.5) is 4.79 Å². The Labute approximate surface area is 113 Å². The van der Waals surface area contributed by atoms with Crippen LogP contribution in [0.5, 0.6) is 0 Å². The van der Waals surface area contributed by atoms with Gasteiger partial charge in [-0.25, -0.2) is 9.59 Å². The molecule has 1 saturated heterocycles. The van der Waals surface area contributed by atoms with Gasteiger partial charge in [0.2, 0.25) is 0 Å². The summed E-state index contributed by atoms with van der Waals surface area (Å²) in [5.41, 5.74) is 3.52. The number of amides is 1. The molecule has 4 N–H and O–H groups in total. The standard InChI is InChI=1S/C12H23N3O4/c1-11(2,3)19-10(18)14-12(9(16)17)4-6-15(8-12)7-5-13/h4-8,13H2,1-3H3,(H,14,18)(H,16,17). The summed E-state index contributed by atoms with van der Waals surface area (Å²) in [6.07, 6.45) is -0.355. The third-order valence-electron chi connectivity index (χ3n) is 2.94. The number of ether oxygens (including phenoxy) is 1. The number of aliphatic carboxylic acids is 1. The first kappa shape index (κ1) is 15.7. The molecule has 110 valence electrons. The van der Waals surface area contributed by atoms with Crippen molar-refractivity contribution in [3.05, 3.63) is 0 Å². The predicted octanol–water partition coefficient (Wildman–Crippen LogP) is -0.00110. The summed E-state index contributed by atoms with van der Waals surface area (Å²) in [4.78, 5) is 25.1. The van der Waals surface area contributed by atoms with Crippen LogP contribution < -0.4 is 11.1 Å². The predicted molar refractivity (Wildman–Crippen MR) is 69.8 cm³/mol. The van der Waals surface area contributed by atoms with Crippen LogP contribution in [0.15, 0.2) is 0 Å². The number of carbonyl (C=O) groups excluding carboxylic acids is 1. The lowest BCUT2D eigenvalue weighted by atomic mass is 9.99. The normalized spacial score (nSPS) is 24.2. The van der Waals surface area contributed by atoms with Crippen LogP contribution in [0.25, 0.3) is 0 Å². The van der Waals surface area contributed by atoms with Gasteiger partial charge in [0.15, 0.2) is 5.54 Å². The topological polar surface area (TPSA) is 105 Å². The van der Waals surface area contributed by atoms with E-state index in [2.05, 4.69) is 5.32 Å². The highest BCUT2D eigenvalue weighted by Gasteiger charge is 2.46. The molecule has 1 unspecified atom stereocenters. The molecule has 0 aromatic carbocycles. The molecule has 1 fully saturated rings. The van der Waals surface area contributed by atoms with Crippen molar-refractivity contribution in [3.8, 4) is 0 Å². The lowest BCUT2D eigenvalue weighted by molar-refractivity contribution is -0.144.